The highest BCUT2D eigenvalue weighted by Crippen LogP contribution is 2.57. The van der Waals surface area contributed by atoms with Gasteiger partial charge in [-0.3, -0.25) is 0 Å². The van der Waals surface area contributed by atoms with Crippen molar-refractivity contribution >= 4 is 34.1 Å². The molecule has 0 saturated carbocycles. The Bertz CT molecular complexity index is 2410. The summed E-state index contributed by atoms with van der Waals surface area (Å²) >= 11 is 0. The van der Waals surface area contributed by atoms with Gasteiger partial charge in [0.1, 0.15) is 5.75 Å². The Morgan fingerprint density at radius 2 is 1.23 bits per heavy atom. The first-order valence-electron chi connectivity index (χ1n) is 17.9. The summed E-state index contributed by atoms with van der Waals surface area (Å²) in [5.41, 5.74) is 10.3. The molecule has 0 saturated heterocycles. The molecule has 6 aromatic rings. The highest BCUT2D eigenvalue weighted by Gasteiger charge is 2.47. The zero-order chi connectivity index (χ0) is 35.8. The summed E-state index contributed by atoms with van der Waals surface area (Å²) < 4.78 is 0. The molecule has 1 aliphatic carbocycles. The normalized spacial score (nSPS) is 16.5. The van der Waals surface area contributed by atoms with E-state index >= 15 is 0 Å². The van der Waals surface area contributed by atoms with Crippen LogP contribution in [0.4, 0.5) is 0 Å². The number of fused-ring (bicyclic) bond motifs is 2. The monoisotopic (exact) mass is 670 g/mol. The maximum atomic E-state index is 11.6. The lowest BCUT2D eigenvalue weighted by Gasteiger charge is -2.35. The third-order valence-corrected chi connectivity index (χ3v) is 9.73. The van der Waals surface area contributed by atoms with E-state index in [4.69, 9.17) is 0 Å². The smallest absolute Gasteiger partial charge is 0.120 e. The second kappa shape index (κ2) is 15.6. The van der Waals surface area contributed by atoms with Crippen molar-refractivity contribution in [3.63, 3.8) is 0 Å². The van der Waals surface area contributed by atoms with Crippen LogP contribution in [-0.4, -0.2) is 5.11 Å². The van der Waals surface area contributed by atoms with Crippen molar-refractivity contribution in [2.75, 3.05) is 0 Å². The van der Waals surface area contributed by atoms with Gasteiger partial charge in [0.25, 0.3) is 0 Å². The molecular weight excluding hydrogens is 629 g/mol. The molecular formula is C51H42O. The maximum Gasteiger partial charge on any atom is 0.120 e. The first-order valence-corrected chi connectivity index (χ1v) is 17.9. The summed E-state index contributed by atoms with van der Waals surface area (Å²) in [5.74, 6) is 0.275. The van der Waals surface area contributed by atoms with Gasteiger partial charge in [-0.2, -0.15) is 0 Å². The number of allylic oxidation sites excluding steroid dienone is 12. The summed E-state index contributed by atoms with van der Waals surface area (Å²) in [6.45, 7) is 4.10. The van der Waals surface area contributed by atoms with Crippen molar-refractivity contribution in [3.8, 4) is 5.75 Å². The summed E-state index contributed by atoms with van der Waals surface area (Å²) in [4.78, 5) is 0. The molecule has 252 valence electrons. The van der Waals surface area contributed by atoms with Gasteiger partial charge in [0, 0.05) is 5.56 Å². The van der Waals surface area contributed by atoms with Crippen LogP contribution in [0.1, 0.15) is 52.8 Å². The van der Waals surface area contributed by atoms with Crippen LogP contribution < -0.4 is 0 Å². The topological polar surface area (TPSA) is 20.2 Å². The molecule has 0 aromatic heterocycles. The Labute approximate surface area is 308 Å². The van der Waals surface area contributed by atoms with E-state index in [1.807, 2.05) is 31.2 Å². The minimum Gasteiger partial charge on any atom is -0.508 e. The maximum absolute atomic E-state index is 11.6. The molecule has 0 radical (unpaired) electrons. The van der Waals surface area contributed by atoms with Crippen LogP contribution in [0.2, 0.25) is 0 Å². The molecule has 1 unspecified atom stereocenters. The zero-order valence-electron chi connectivity index (χ0n) is 29.7. The van der Waals surface area contributed by atoms with E-state index in [0.29, 0.717) is 0 Å². The number of phenolic OH excluding ortho intramolecular Hbond substituents is 1. The van der Waals surface area contributed by atoms with Crippen LogP contribution in [0.3, 0.4) is 0 Å². The number of para-hydroxylation sites is 1. The summed E-state index contributed by atoms with van der Waals surface area (Å²) in [7, 11) is 0. The van der Waals surface area contributed by atoms with Crippen molar-refractivity contribution in [2.24, 2.45) is 0 Å². The van der Waals surface area contributed by atoms with Crippen molar-refractivity contribution in [1.29, 1.82) is 0 Å². The largest absolute Gasteiger partial charge is 0.508 e. The first kappa shape index (κ1) is 34.0. The lowest BCUT2D eigenvalue weighted by atomic mass is 9.66. The minimum absolute atomic E-state index is 0.275. The average molecular weight is 671 g/mol. The van der Waals surface area contributed by atoms with Crippen LogP contribution in [0.25, 0.3) is 34.1 Å². The number of hydrogen-bond acceptors (Lipinski definition) is 1. The Balaban J connectivity index is 1.41. The standard InChI is InChI=1S/C51H42O/c1-3-5-8-24-40(27-17-22-38-20-9-6-10-21-38)41-28-18-23-39(35-41)33-34-45-46-36-42-25-13-14-26-43(42)37-49(46)51(47(45)19-4-2,44-29-11-7-12-30-44)48-31-15-16-32-50(48)52/h3-37,52H,1-2H3/b5-3+,19-4-,22-17-,24-8-,34-33+,40-27+. The SMILES string of the molecule is C/C=C\C1=C(/C=C/c2cccc(C(/C=C\C=C\C)=C/C=C\c3ccccc3)c2)c2cc3ccccc3cc2C1(c1ccccc1)c1ccccc1O. The van der Waals surface area contributed by atoms with Gasteiger partial charge in [0.2, 0.25) is 0 Å². The first-order chi connectivity index (χ1) is 25.6. The number of phenols is 1. The predicted molar refractivity (Wildman–Crippen MR) is 223 cm³/mol. The van der Waals surface area contributed by atoms with Crippen molar-refractivity contribution in [1.82, 2.24) is 0 Å². The van der Waals surface area contributed by atoms with Crippen LogP contribution >= 0.6 is 0 Å². The number of hydrogen-bond donors (Lipinski definition) is 1. The third kappa shape index (κ3) is 6.70. The Morgan fingerprint density at radius 1 is 0.538 bits per heavy atom. The highest BCUT2D eigenvalue weighted by molar-refractivity contribution is 5.99. The second-order valence-electron chi connectivity index (χ2n) is 12.9. The molecule has 6 aromatic carbocycles. The minimum atomic E-state index is -0.738. The Morgan fingerprint density at radius 3 is 1.98 bits per heavy atom. The third-order valence-electron chi connectivity index (χ3n) is 9.73. The molecule has 0 fully saturated rings. The van der Waals surface area contributed by atoms with Crippen molar-refractivity contribution < 1.29 is 5.11 Å². The molecule has 52 heavy (non-hydrogen) atoms. The van der Waals surface area contributed by atoms with E-state index in [1.165, 1.54) is 10.8 Å². The van der Waals surface area contributed by atoms with E-state index in [1.54, 1.807) is 6.07 Å². The fourth-order valence-electron chi connectivity index (χ4n) is 7.41. The fraction of sp³-hybridized carbons (Fsp3) is 0.0588. The number of rotatable bonds is 10. The van der Waals surface area contributed by atoms with E-state index < -0.39 is 5.41 Å². The molecule has 1 aliphatic rings. The summed E-state index contributed by atoms with van der Waals surface area (Å²) in [5, 5.41) is 14.0. The molecule has 1 nitrogen and oxygen atoms in total. The van der Waals surface area contributed by atoms with Crippen LogP contribution in [-0.2, 0) is 5.41 Å². The van der Waals surface area contributed by atoms with Gasteiger partial charge in [0.15, 0.2) is 0 Å². The van der Waals surface area contributed by atoms with Gasteiger partial charge in [0.05, 0.1) is 5.41 Å². The molecule has 7 rings (SSSR count). The molecule has 1 N–H and O–H groups in total. The highest BCUT2D eigenvalue weighted by atomic mass is 16.3. The van der Waals surface area contributed by atoms with E-state index in [-0.39, 0.29) is 5.75 Å². The van der Waals surface area contributed by atoms with Gasteiger partial charge in [-0.25, -0.2) is 0 Å². The molecule has 0 heterocycles. The lowest BCUT2D eigenvalue weighted by molar-refractivity contribution is 0.461. The quantitative estimate of drug-likeness (QED) is 0.144. The molecule has 1 atom stereocenters. The van der Waals surface area contributed by atoms with Crippen molar-refractivity contribution in [2.45, 2.75) is 19.3 Å². The summed E-state index contributed by atoms with van der Waals surface area (Å²) in [6.07, 6.45) is 23.6. The molecule has 0 spiro atoms. The van der Waals surface area contributed by atoms with Crippen LogP contribution in [0.5, 0.6) is 5.75 Å². The van der Waals surface area contributed by atoms with E-state index in [2.05, 4.69) is 189 Å². The number of aromatic hydroxyl groups is 1. The van der Waals surface area contributed by atoms with Gasteiger partial charge in [-0.1, -0.05) is 188 Å². The Hall–Kier alpha value is -6.44. The predicted octanol–water partition coefficient (Wildman–Crippen LogP) is 13.2. The molecule has 1 heteroatoms. The van der Waals surface area contributed by atoms with Gasteiger partial charge < -0.3 is 5.11 Å². The van der Waals surface area contributed by atoms with Crippen molar-refractivity contribution in [3.05, 3.63) is 245 Å². The zero-order valence-corrected chi connectivity index (χ0v) is 29.7. The molecule has 0 aliphatic heterocycles. The van der Waals surface area contributed by atoms with Gasteiger partial charge >= 0.3 is 0 Å². The van der Waals surface area contributed by atoms with E-state index in [9.17, 15) is 5.11 Å². The molecule has 0 amide bonds. The summed E-state index contributed by atoms with van der Waals surface area (Å²) in [6, 6.07) is 50.7. The van der Waals surface area contributed by atoms with Gasteiger partial charge in [-0.05, 0) is 99.0 Å². The second-order valence-corrected chi connectivity index (χ2v) is 12.9. The lowest BCUT2D eigenvalue weighted by Crippen LogP contribution is -2.29. The van der Waals surface area contributed by atoms with Crippen LogP contribution in [0.15, 0.2) is 206 Å². The van der Waals surface area contributed by atoms with Crippen LogP contribution in [0, 0.1) is 0 Å². The van der Waals surface area contributed by atoms with Gasteiger partial charge in [-0.15, -0.1) is 0 Å². The average Bonchev–Trinajstić information content (AvgIpc) is 3.45. The van der Waals surface area contributed by atoms with E-state index in [0.717, 1.165) is 55.7 Å². The molecule has 0 bridgehead atoms. The fourth-order valence-corrected chi connectivity index (χ4v) is 7.41. The number of benzene rings is 6. The Kier molecular flexibility index (Phi) is 10.2.